The van der Waals surface area contributed by atoms with E-state index in [1.54, 1.807) is 45.0 Å². The van der Waals surface area contributed by atoms with E-state index >= 15 is 0 Å². The van der Waals surface area contributed by atoms with E-state index < -0.39 is 18.6 Å². The van der Waals surface area contributed by atoms with Gasteiger partial charge in [0.1, 0.15) is 11.4 Å². The molecule has 0 aliphatic heterocycles. The number of fused-ring (bicyclic) bond motifs is 5. The van der Waals surface area contributed by atoms with Crippen LogP contribution in [0.2, 0.25) is 0 Å². The molecule has 58 heavy (non-hydrogen) atoms. The summed E-state index contributed by atoms with van der Waals surface area (Å²) >= 11 is 0. The van der Waals surface area contributed by atoms with Crippen LogP contribution in [0.4, 0.5) is 4.39 Å². The van der Waals surface area contributed by atoms with Gasteiger partial charge in [-0.05, 0) is 100 Å². The summed E-state index contributed by atoms with van der Waals surface area (Å²) in [4.78, 5) is 9.35. The van der Waals surface area contributed by atoms with Crippen molar-refractivity contribution >= 4 is 43.7 Å². The normalized spacial score (nSPS) is 13.5. The van der Waals surface area contributed by atoms with Crippen molar-refractivity contribution in [3.63, 3.8) is 0 Å². The second kappa shape index (κ2) is 16.4. The molecule has 0 fully saturated rings. The van der Waals surface area contributed by atoms with Gasteiger partial charge in [0.05, 0.1) is 22.4 Å². The van der Waals surface area contributed by atoms with Gasteiger partial charge in [-0.3, -0.25) is 4.98 Å². The van der Waals surface area contributed by atoms with E-state index in [9.17, 15) is 4.39 Å². The van der Waals surface area contributed by atoms with Crippen molar-refractivity contribution in [3.8, 4) is 28.3 Å². The van der Waals surface area contributed by atoms with Crippen LogP contribution in [0.15, 0.2) is 126 Å². The van der Waals surface area contributed by atoms with Crippen molar-refractivity contribution in [2.24, 2.45) is 5.41 Å². The fourth-order valence-electron chi connectivity index (χ4n) is 7.46. The molecule has 0 bridgehead atoms. The minimum Gasteiger partial charge on any atom is -0.501 e. The van der Waals surface area contributed by atoms with Gasteiger partial charge in [0.25, 0.3) is 0 Å². The van der Waals surface area contributed by atoms with E-state index in [4.69, 9.17) is 16.3 Å². The Hall–Kier alpha value is -5.42. The van der Waals surface area contributed by atoms with Crippen LogP contribution in [0.25, 0.3) is 72.1 Å². The first-order valence-corrected chi connectivity index (χ1v) is 19.4. The molecule has 295 valence electrons. The largest absolute Gasteiger partial charge is 0.501 e. The predicted molar refractivity (Wildman–Crippen MR) is 235 cm³/mol. The SMILES string of the molecule is CC(C)c1cc(F)cc(C(C)C)c1-n1c(-c2[c-]cccc2)nc2ccccc21.[2H]C([2H])([2H])c1cnc(-c2[c-]ccc3c2oc2cc4ccccc4cc23)cc1C([2H])([2H])C(C)(C)C.[Ir]. The van der Waals surface area contributed by atoms with Gasteiger partial charge >= 0.3 is 0 Å². The number of benzene rings is 6. The average molecular weight is 947 g/mol. The van der Waals surface area contributed by atoms with Crippen LogP contribution < -0.4 is 0 Å². The van der Waals surface area contributed by atoms with E-state index in [1.165, 1.54) is 6.20 Å². The number of aryl methyl sites for hydroxylation is 1. The second-order valence-electron chi connectivity index (χ2n) is 16.2. The summed E-state index contributed by atoms with van der Waals surface area (Å²) in [6, 6.07) is 43.2. The molecule has 6 aromatic carbocycles. The summed E-state index contributed by atoms with van der Waals surface area (Å²) in [5.74, 6) is 1.000. The molecule has 3 aromatic heterocycles. The maximum Gasteiger partial charge on any atom is 0.123 e. The fraction of sp³-hybridized carbons (Fsp3) is 0.231. The third kappa shape index (κ3) is 8.01. The van der Waals surface area contributed by atoms with E-state index in [0.717, 1.165) is 66.4 Å². The first kappa shape index (κ1) is 34.6. The molecule has 0 aliphatic carbocycles. The van der Waals surface area contributed by atoms with E-state index in [0.29, 0.717) is 16.8 Å². The van der Waals surface area contributed by atoms with Crippen molar-refractivity contribution in [2.75, 3.05) is 0 Å². The number of nitrogens with zero attached hydrogens (tertiary/aromatic N) is 3. The monoisotopic (exact) mass is 947 g/mol. The number of hydrogen-bond acceptors (Lipinski definition) is 3. The maximum atomic E-state index is 14.5. The molecule has 0 N–H and O–H groups in total. The number of hydrogen-bond donors (Lipinski definition) is 0. The summed E-state index contributed by atoms with van der Waals surface area (Å²) < 4.78 is 64.3. The summed E-state index contributed by atoms with van der Waals surface area (Å²) in [5, 5.41) is 4.04. The minimum atomic E-state index is -2.49. The molecule has 0 saturated heterocycles. The summed E-state index contributed by atoms with van der Waals surface area (Å²) in [5.41, 5.74) is 7.38. The number of halogens is 1. The molecule has 1 radical (unpaired) electrons. The van der Waals surface area contributed by atoms with Gasteiger partial charge in [-0.1, -0.05) is 107 Å². The number of furan rings is 1. The first-order valence-electron chi connectivity index (χ1n) is 21.9. The van der Waals surface area contributed by atoms with Gasteiger partial charge < -0.3 is 14.0 Å². The minimum absolute atomic E-state index is 0. The van der Waals surface area contributed by atoms with E-state index in [-0.39, 0.29) is 48.9 Å². The van der Waals surface area contributed by atoms with Gasteiger partial charge in [0, 0.05) is 44.2 Å². The molecule has 9 aromatic rings. The molecule has 9 rings (SSSR count). The number of para-hydroxylation sites is 2. The van der Waals surface area contributed by atoms with Gasteiger partial charge in [0.2, 0.25) is 0 Å². The van der Waals surface area contributed by atoms with E-state index in [2.05, 4.69) is 67.6 Å². The van der Waals surface area contributed by atoms with Gasteiger partial charge in [-0.25, -0.2) is 4.39 Å². The van der Waals surface area contributed by atoms with Crippen LogP contribution >= 0.6 is 0 Å². The van der Waals surface area contributed by atoms with Crippen LogP contribution in [0.5, 0.6) is 0 Å². The Morgan fingerprint density at radius 3 is 2.17 bits per heavy atom. The number of imidazole rings is 1. The molecular formula is C52H48FIrN3O-2. The number of pyridine rings is 1. The van der Waals surface area contributed by atoms with Crippen molar-refractivity contribution < 1.29 is 35.8 Å². The number of rotatable bonds is 6. The van der Waals surface area contributed by atoms with Gasteiger partial charge in [-0.15, -0.1) is 54.1 Å². The summed E-state index contributed by atoms with van der Waals surface area (Å²) in [6.45, 7) is 11.2. The molecule has 0 aliphatic rings. The van der Waals surface area contributed by atoms with Crippen molar-refractivity contribution in [1.29, 1.82) is 0 Å². The Kier molecular flexibility index (Phi) is 9.81. The molecule has 0 amide bonds. The van der Waals surface area contributed by atoms with Crippen LogP contribution in [-0.2, 0) is 26.5 Å². The molecule has 6 heteroatoms. The van der Waals surface area contributed by atoms with Crippen LogP contribution in [0, 0.1) is 30.2 Å². The molecular weight excluding hydrogens is 894 g/mol. The molecule has 3 heterocycles. The molecule has 0 atom stereocenters. The quantitative estimate of drug-likeness (QED) is 0.156. The van der Waals surface area contributed by atoms with Crippen molar-refractivity contribution in [3.05, 3.63) is 162 Å². The van der Waals surface area contributed by atoms with E-state index in [1.807, 2.05) is 72.8 Å². The van der Waals surface area contributed by atoms with Crippen molar-refractivity contribution in [1.82, 2.24) is 14.5 Å². The standard InChI is InChI=1S/C27H24NO.C25H24FN2.Ir/c1-17-16-28-24(13-20(17)15-27(2,3)4)22-11-7-10-21-23-12-18-8-5-6-9-19(18)14-25(23)29-26(21)22;1-16(2)20-14-19(26)15-21(17(3)4)24(20)28-23-13-9-8-12-22(23)27-25(28)18-10-6-5-7-11-18;/h5-10,12-14,16H,15H2,1-4H3;5-10,12-17H,1-4H3;/q2*-1;/i1D3,15D2;;. The average Bonchev–Trinajstić information content (AvgIpc) is 3.80. The topological polar surface area (TPSA) is 43.9 Å². The Balaban J connectivity index is 0.000000189. The summed E-state index contributed by atoms with van der Waals surface area (Å²) in [6.07, 6.45) is -0.640. The Morgan fingerprint density at radius 2 is 1.50 bits per heavy atom. The molecule has 0 saturated carbocycles. The fourth-order valence-corrected chi connectivity index (χ4v) is 7.46. The van der Waals surface area contributed by atoms with Crippen LogP contribution in [-0.4, -0.2) is 14.5 Å². The summed E-state index contributed by atoms with van der Waals surface area (Å²) in [7, 11) is 0. The second-order valence-corrected chi connectivity index (χ2v) is 16.2. The van der Waals surface area contributed by atoms with Crippen LogP contribution in [0.1, 0.15) is 89.4 Å². The third-order valence-corrected chi connectivity index (χ3v) is 10.1. The first-order chi connectivity index (χ1) is 29.3. The zero-order valence-electron chi connectivity index (χ0n) is 38.7. The van der Waals surface area contributed by atoms with Gasteiger partial charge in [-0.2, -0.15) is 0 Å². The van der Waals surface area contributed by atoms with Crippen molar-refractivity contribution in [2.45, 2.75) is 73.5 Å². The third-order valence-electron chi connectivity index (χ3n) is 10.1. The molecule has 0 spiro atoms. The molecule has 0 unspecified atom stereocenters. The Labute approximate surface area is 361 Å². The number of aromatic nitrogens is 3. The Morgan fingerprint density at radius 1 is 0.810 bits per heavy atom. The Bertz CT molecular complexity index is 3080. The van der Waals surface area contributed by atoms with Gasteiger partial charge in [0.15, 0.2) is 0 Å². The molecule has 4 nitrogen and oxygen atoms in total. The zero-order valence-corrected chi connectivity index (χ0v) is 36.1. The maximum absolute atomic E-state index is 14.5. The van der Waals surface area contributed by atoms with Crippen LogP contribution in [0.3, 0.4) is 0 Å². The zero-order chi connectivity index (χ0) is 44.3. The smallest absolute Gasteiger partial charge is 0.123 e. The predicted octanol–water partition coefficient (Wildman–Crippen LogP) is 14.4.